The first-order valence-corrected chi connectivity index (χ1v) is 9.16. The van der Waals surface area contributed by atoms with Gasteiger partial charge < -0.3 is 5.73 Å². The third-order valence-corrected chi connectivity index (χ3v) is 6.70. The molecule has 0 atom stereocenters. The minimum absolute atomic E-state index is 0.246. The lowest BCUT2D eigenvalue weighted by Crippen LogP contribution is -2.33. The number of hydrogen-bond acceptors (Lipinski definition) is 3. The highest BCUT2D eigenvalue weighted by atomic mass is 79.9. The molecule has 0 aliphatic heterocycles. The molecule has 0 unspecified atom stereocenters. The van der Waals surface area contributed by atoms with E-state index in [2.05, 4.69) is 15.9 Å². The summed E-state index contributed by atoms with van der Waals surface area (Å²) in [5.41, 5.74) is 6.16. The molecule has 1 saturated carbocycles. The summed E-state index contributed by atoms with van der Waals surface area (Å²) in [4.78, 5) is 0.246. The number of nitrogens with zero attached hydrogens (tertiary/aromatic N) is 1. The average molecular weight is 361 g/mol. The predicted octanol–water partition coefficient (Wildman–Crippen LogP) is 3.23. The van der Waals surface area contributed by atoms with Gasteiger partial charge in [-0.15, -0.1) is 0 Å². The van der Waals surface area contributed by atoms with E-state index in [1.54, 1.807) is 19.2 Å². The van der Waals surface area contributed by atoms with Crippen molar-refractivity contribution < 1.29 is 8.42 Å². The average Bonchev–Trinajstić information content (AvgIpc) is 2.42. The maximum atomic E-state index is 12.6. The van der Waals surface area contributed by atoms with Gasteiger partial charge >= 0.3 is 0 Å². The Morgan fingerprint density at radius 3 is 2.60 bits per heavy atom. The summed E-state index contributed by atoms with van der Waals surface area (Å²) < 4.78 is 27.3. The van der Waals surface area contributed by atoms with E-state index in [9.17, 15) is 8.42 Å². The molecule has 0 aromatic heterocycles. The van der Waals surface area contributed by atoms with Gasteiger partial charge in [-0.2, -0.15) is 0 Å². The molecule has 0 amide bonds. The molecule has 0 saturated heterocycles. The van der Waals surface area contributed by atoms with Crippen LogP contribution in [0.15, 0.2) is 27.6 Å². The summed E-state index contributed by atoms with van der Waals surface area (Å²) in [6.45, 7) is 0.587. The lowest BCUT2D eigenvalue weighted by Gasteiger charge is -2.27. The fourth-order valence-corrected chi connectivity index (χ4v) is 4.92. The second-order valence-electron chi connectivity index (χ2n) is 5.48. The molecule has 20 heavy (non-hydrogen) atoms. The van der Waals surface area contributed by atoms with E-state index in [0.717, 1.165) is 12.8 Å². The smallest absolute Gasteiger partial charge is 0.244 e. The minimum atomic E-state index is -3.49. The van der Waals surface area contributed by atoms with Crippen molar-refractivity contribution in [2.45, 2.75) is 37.0 Å². The molecule has 0 radical (unpaired) electrons. The fraction of sp³-hybridized carbons (Fsp3) is 0.571. The van der Waals surface area contributed by atoms with Gasteiger partial charge in [-0.1, -0.05) is 19.3 Å². The van der Waals surface area contributed by atoms with Crippen molar-refractivity contribution in [2.75, 3.05) is 19.3 Å². The quantitative estimate of drug-likeness (QED) is 0.838. The van der Waals surface area contributed by atoms with Crippen LogP contribution in [-0.4, -0.2) is 26.3 Å². The van der Waals surface area contributed by atoms with E-state index in [1.165, 1.54) is 29.6 Å². The molecule has 0 heterocycles. The van der Waals surface area contributed by atoms with Crippen molar-refractivity contribution in [3.05, 3.63) is 22.7 Å². The molecule has 1 aromatic rings. The first-order valence-electron chi connectivity index (χ1n) is 6.92. The molecule has 1 aromatic carbocycles. The Kier molecular flexibility index (Phi) is 5.09. The van der Waals surface area contributed by atoms with Crippen molar-refractivity contribution in [1.82, 2.24) is 4.31 Å². The zero-order valence-electron chi connectivity index (χ0n) is 11.7. The van der Waals surface area contributed by atoms with Gasteiger partial charge in [-0.3, -0.25) is 0 Å². The lowest BCUT2D eigenvalue weighted by atomic mass is 9.89. The van der Waals surface area contributed by atoms with Crippen LogP contribution >= 0.6 is 15.9 Å². The van der Waals surface area contributed by atoms with Gasteiger partial charge in [0.05, 0.1) is 4.90 Å². The third-order valence-electron chi connectivity index (χ3n) is 3.88. The van der Waals surface area contributed by atoms with E-state index in [0.29, 0.717) is 22.6 Å². The van der Waals surface area contributed by atoms with Crippen LogP contribution < -0.4 is 5.73 Å². The van der Waals surface area contributed by atoms with Crippen LogP contribution in [0, 0.1) is 5.92 Å². The Labute approximate surface area is 129 Å². The maximum Gasteiger partial charge on any atom is 0.244 e. The largest absolute Gasteiger partial charge is 0.399 e. The molecular weight excluding hydrogens is 340 g/mol. The van der Waals surface area contributed by atoms with E-state index in [-0.39, 0.29) is 4.90 Å². The summed E-state index contributed by atoms with van der Waals surface area (Å²) in [6.07, 6.45) is 5.94. The van der Waals surface area contributed by atoms with Crippen LogP contribution in [0.2, 0.25) is 0 Å². The van der Waals surface area contributed by atoms with Gasteiger partial charge in [0.15, 0.2) is 0 Å². The summed E-state index contributed by atoms with van der Waals surface area (Å²) in [6, 6.07) is 4.87. The van der Waals surface area contributed by atoms with E-state index in [4.69, 9.17) is 5.73 Å². The first kappa shape index (κ1) is 15.8. The normalized spacial score (nSPS) is 17.6. The Morgan fingerprint density at radius 1 is 1.30 bits per heavy atom. The molecule has 0 spiro atoms. The Hall–Kier alpha value is -0.590. The Bertz CT molecular complexity index is 569. The van der Waals surface area contributed by atoms with E-state index >= 15 is 0 Å². The van der Waals surface area contributed by atoms with Gasteiger partial charge in [0.2, 0.25) is 10.0 Å². The molecule has 1 aliphatic carbocycles. The van der Waals surface area contributed by atoms with E-state index < -0.39 is 10.0 Å². The van der Waals surface area contributed by atoms with Crippen molar-refractivity contribution >= 4 is 31.6 Å². The maximum absolute atomic E-state index is 12.6. The molecule has 112 valence electrons. The number of halogens is 1. The van der Waals surface area contributed by atoms with Crippen molar-refractivity contribution in [1.29, 1.82) is 0 Å². The van der Waals surface area contributed by atoms with Gasteiger partial charge in [0.25, 0.3) is 0 Å². The van der Waals surface area contributed by atoms with Crippen LogP contribution in [0.3, 0.4) is 0 Å². The number of benzene rings is 1. The molecule has 4 nitrogen and oxygen atoms in total. The number of nitrogens with two attached hydrogens (primary N) is 1. The van der Waals surface area contributed by atoms with Gasteiger partial charge in [0.1, 0.15) is 0 Å². The highest BCUT2D eigenvalue weighted by molar-refractivity contribution is 9.10. The SMILES string of the molecule is CN(CC1CCCCC1)S(=O)(=O)c1cc(N)ccc1Br. The summed E-state index contributed by atoms with van der Waals surface area (Å²) >= 11 is 3.30. The van der Waals surface area contributed by atoms with Gasteiger partial charge in [0, 0.05) is 23.8 Å². The second kappa shape index (κ2) is 6.45. The molecule has 2 rings (SSSR count). The fourth-order valence-electron chi connectivity index (χ4n) is 2.72. The molecule has 1 fully saturated rings. The highest BCUT2D eigenvalue weighted by Gasteiger charge is 2.26. The molecule has 0 bridgehead atoms. The number of anilines is 1. The number of rotatable bonds is 4. The number of nitrogen functional groups attached to an aromatic ring is 1. The molecule has 2 N–H and O–H groups in total. The zero-order chi connectivity index (χ0) is 14.8. The van der Waals surface area contributed by atoms with Crippen molar-refractivity contribution in [3.8, 4) is 0 Å². The van der Waals surface area contributed by atoms with Gasteiger partial charge in [-0.25, -0.2) is 12.7 Å². The van der Waals surface area contributed by atoms with Gasteiger partial charge in [-0.05, 0) is 52.9 Å². The first-order chi connectivity index (χ1) is 9.41. The van der Waals surface area contributed by atoms with Crippen LogP contribution in [0.5, 0.6) is 0 Å². The van der Waals surface area contributed by atoms with Crippen molar-refractivity contribution in [3.63, 3.8) is 0 Å². The molecule has 6 heteroatoms. The predicted molar refractivity (Wildman–Crippen MR) is 84.9 cm³/mol. The summed E-state index contributed by atoms with van der Waals surface area (Å²) in [7, 11) is -1.83. The number of sulfonamides is 1. The second-order valence-corrected chi connectivity index (χ2v) is 8.35. The Morgan fingerprint density at radius 2 is 1.95 bits per heavy atom. The van der Waals surface area contributed by atoms with Crippen LogP contribution in [-0.2, 0) is 10.0 Å². The Balaban J connectivity index is 2.18. The molecular formula is C14H21BrN2O2S. The third kappa shape index (κ3) is 3.54. The zero-order valence-corrected chi connectivity index (χ0v) is 14.1. The van der Waals surface area contributed by atoms with Crippen LogP contribution in [0.25, 0.3) is 0 Å². The van der Waals surface area contributed by atoms with Crippen molar-refractivity contribution in [2.24, 2.45) is 5.92 Å². The highest BCUT2D eigenvalue weighted by Crippen LogP contribution is 2.29. The topological polar surface area (TPSA) is 63.4 Å². The van der Waals surface area contributed by atoms with Crippen LogP contribution in [0.4, 0.5) is 5.69 Å². The standard InChI is InChI=1S/C14H21BrN2O2S/c1-17(10-11-5-3-2-4-6-11)20(18,19)14-9-12(16)7-8-13(14)15/h7-9,11H,2-6,10,16H2,1H3. The van der Waals surface area contributed by atoms with E-state index in [1.807, 2.05) is 0 Å². The summed E-state index contributed by atoms with van der Waals surface area (Å²) in [5.74, 6) is 0.475. The molecule has 1 aliphatic rings. The minimum Gasteiger partial charge on any atom is -0.399 e. The van der Waals surface area contributed by atoms with Crippen LogP contribution in [0.1, 0.15) is 32.1 Å². The lowest BCUT2D eigenvalue weighted by molar-refractivity contribution is 0.300. The monoisotopic (exact) mass is 360 g/mol. The summed E-state index contributed by atoms with van der Waals surface area (Å²) in [5, 5.41) is 0. The number of hydrogen-bond donors (Lipinski definition) is 1.